The number of ketones is 1. The van der Waals surface area contributed by atoms with Gasteiger partial charge in [0.15, 0.2) is 4.34 Å². The summed E-state index contributed by atoms with van der Waals surface area (Å²) in [4.78, 5) is 27.3. The number of amides is 1. The highest BCUT2D eigenvalue weighted by atomic mass is 35.5. The van der Waals surface area contributed by atoms with Gasteiger partial charge in [0.2, 0.25) is 5.13 Å². The molecule has 36 heavy (non-hydrogen) atoms. The normalized spacial score (nSPS) is 17.2. The van der Waals surface area contributed by atoms with Gasteiger partial charge in [-0.25, -0.2) is 4.39 Å². The van der Waals surface area contributed by atoms with E-state index in [4.69, 9.17) is 27.6 Å². The van der Waals surface area contributed by atoms with E-state index in [1.807, 2.05) is 6.07 Å². The number of hydrogen-bond donors (Lipinski definition) is 1. The number of rotatable bonds is 6. The number of carbonyl (C=O) groups excluding carboxylic acids is 2. The highest BCUT2D eigenvalue weighted by molar-refractivity contribution is 8.00. The number of nitrogens with zero attached hydrogens (tertiary/aromatic N) is 3. The summed E-state index contributed by atoms with van der Waals surface area (Å²) in [5.74, 6) is -2.04. The zero-order valence-corrected chi connectivity index (χ0v) is 21.2. The minimum Gasteiger partial charge on any atom is -0.507 e. The van der Waals surface area contributed by atoms with Gasteiger partial charge in [0.05, 0.1) is 11.8 Å². The first-order valence-electron chi connectivity index (χ1n) is 10.3. The number of benzene rings is 2. The first-order valence-corrected chi connectivity index (χ1v) is 12.9. The van der Waals surface area contributed by atoms with Crippen LogP contribution in [-0.2, 0) is 15.3 Å². The maximum absolute atomic E-state index is 13.4. The molecule has 0 radical (unpaired) electrons. The lowest BCUT2D eigenvalue weighted by atomic mass is 9.99. The van der Waals surface area contributed by atoms with Crippen LogP contribution in [0.3, 0.4) is 0 Å². The first-order chi connectivity index (χ1) is 17.3. The molecular formula is C24H14Cl2FN3O4S2. The molecule has 7 nitrogen and oxygen atoms in total. The molecule has 2 aromatic heterocycles. The molecule has 0 saturated carbocycles. The van der Waals surface area contributed by atoms with Crippen LogP contribution in [0.25, 0.3) is 5.76 Å². The molecule has 1 aliphatic rings. The highest BCUT2D eigenvalue weighted by Gasteiger charge is 2.49. The van der Waals surface area contributed by atoms with E-state index in [0.29, 0.717) is 20.1 Å². The van der Waals surface area contributed by atoms with E-state index in [0.717, 1.165) is 33.9 Å². The Balaban J connectivity index is 1.49. The largest absolute Gasteiger partial charge is 0.507 e. The minimum atomic E-state index is -1.08. The second-order valence-electron chi connectivity index (χ2n) is 7.57. The van der Waals surface area contributed by atoms with E-state index in [2.05, 4.69) is 10.2 Å². The molecule has 3 heterocycles. The molecule has 0 spiro atoms. The van der Waals surface area contributed by atoms with Crippen LogP contribution in [0.1, 0.15) is 22.9 Å². The van der Waals surface area contributed by atoms with Crippen molar-refractivity contribution in [2.75, 3.05) is 4.90 Å². The third-order valence-electron chi connectivity index (χ3n) is 5.34. The van der Waals surface area contributed by atoms with Crippen LogP contribution in [-0.4, -0.2) is 27.0 Å². The maximum Gasteiger partial charge on any atom is 0.302 e. The average molecular weight is 562 g/mol. The van der Waals surface area contributed by atoms with Gasteiger partial charge >= 0.3 is 5.91 Å². The number of furan rings is 1. The van der Waals surface area contributed by atoms with Gasteiger partial charge in [-0.2, -0.15) is 0 Å². The molecule has 2 aromatic carbocycles. The van der Waals surface area contributed by atoms with Crippen molar-refractivity contribution in [1.82, 2.24) is 10.2 Å². The number of hydrogen-bond acceptors (Lipinski definition) is 8. The van der Waals surface area contributed by atoms with Crippen LogP contribution < -0.4 is 4.90 Å². The Bertz CT molecular complexity index is 1490. The monoisotopic (exact) mass is 561 g/mol. The van der Waals surface area contributed by atoms with Crippen molar-refractivity contribution in [1.29, 1.82) is 0 Å². The topological polar surface area (TPSA) is 96.5 Å². The average Bonchev–Trinajstić information content (AvgIpc) is 3.59. The number of aliphatic hydroxyl groups excluding tert-OH is 1. The molecule has 12 heteroatoms. The summed E-state index contributed by atoms with van der Waals surface area (Å²) in [6.45, 7) is 0. The summed E-state index contributed by atoms with van der Waals surface area (Å²) in [6, 6.07) is 12.2. The van der Waals surface area contributed by atoms with E-state index in [1.165, 1.54) is 30.2 Å². The molecule has 182 valence electrons. The molecule has 1 fully saturated rings. The van der Waals surface area contributed by atoms with Crippen LogP contribution in [0.2, 0.25) is 10.0 Å². The van der Waals surface area contributed by atoms with Gasteiger partial charge in [-0.05, 0) is 54.1 Å². The quantitative estimate of drug-likeness (QED) is 0.0943. The summed E-state index contributed by atoms with van der Waals surface area (Å²) in [6.07, 6.45) is 1.39. The number of thioether (sulfide) groups is 1. The van der Waals surface area contributed by atoms with E-state index < -0.39 is 29.3 Å². The molecule has 1 N–H and O–H groups in total. The molecule has 0 aliphatic carbocycles. The van der Waals surface area contributed by atoms with Gasteiger partial charge in [0, 0.05) is 21.4 Å². The minimum absolute atomic E-state index is 0.154. The predicted octanol–water partition coefficient (Wildman–Crippen LogP) is 6.50. The Hall–Kier alpha value is -3.18. The van der Waals surface area contributed by atoms with Crippen molar-refractivity contribution in [3.63, 3.8) is 0 Å². The molecule has 1 saturated heterocycles. The Morgan fingerprint density at radius 1 is 1.14 bits per heavy atom. The molecule has 1 aliphatic heterocycles. The third-order valence-corrected chi connectivity index (χ3v) is 8.03. The van der Waals surface area contributed by atoms with Crippen molar-refractivity contribution in [2.24, 2.45) is 0 Å². The Kier molecular flexibility index (Phi) is 6.85. The SMILES string of the molecule is O=C1C(=O)N(c2nnc(SCc3ccc(Cl)cc3Cl)s2)C(c2ccco2)/C1=C(/O)c1ccc(F)cc1. The zero-order valence-electron chi connectivity index (χ0n) is 18.0. The fourth-order valence-electron chi connectivity index (χ4n) is 3.65. The molecule has 4 aromatic rings. The lowest BCUT2D eigenvalue weighted by molar-refractivity contribution is -0.132. The predicted molar refractivity (Wildman–Crippen MR) is 136 cm³/mol. The van der Waals surface area contributed by atoms with Crippen molar-refractivity contribution < 1.29 is 23.5 Å². The number of aliphatic hydroxyl groups is 1. The molecule has 1 unspecified atom stereocenters. The summed E-state index contributed by atoms with van der Waals surface area (Å²) < 4.78 is 19.4. The lowest BCUT2D eigenvalue weighted by Crippen LogP contribution is -2.29. The van der Waals surface area contributed by atoms with Crippen LogP contribution in [0.4, 0.5) is 9.52 Å². The van der Waals surface area contributed by atoms with E-state index in [-0.39, 0.29) is 22.0 Å². The number of carbonyl (C=O) groups is 2. The molecular weight excluding hydrogens is 548 g/mol. The van der Waals surface area contributed by atoms with Gasteiger partial charge in [-0.3, -0.25) is 14.5 Å². The van der Waals surface area contributed by atoms with Crippen molar-refractivity contribution in [2.45, 2.75) is 16.1 Å². The molecule has 5 rings (SSSR count). The maximum atomic E-state index is 13.4. The summed E-state index contributed by atoms with van der Waals surface area (Å²) in [7, 11) is 0. The van der Waals surface area contributed by atoms with Crippen LogP contribution in [0, 0.1) is 5.82 Å². The molecule has 1 amide bonds. The fraction of sp³-hybridized carbons (Fsp3) is 0.0833. The van der Waals surface area contributed by atoms with Gasteiger partial charge in [-0.1, -0.05) is 52.4 Å². The second kappa shape index (κ2) is 10.1. The number of anilines is 1. The third kappa shape index (κ3) is 4.64. The van der Waals surface area contributed by atoms with Crippen molar-refractivity contribution >= 4 is 68.9 Å². The number of halogens is 3. The highest BCUT2D eigenvalue weighted by Crippen LogP contribution is 2.44. The van der Waals surface area contributed by atoms with Crippen LogP contribution >= 0.6 is 46.3 Å². The summed E-state index contributed by atoms with van der Waals surface area (Å²) in [5, 5.41) is 20.4. The second-order valence-corrected chi connectivity index (χ2v) is 10.6. The van der Waals surface area contributed by atoms with Crippen molar-refractivity contribution in [3.05, 3.63) is 99.2 Å². The van der Waals surface area contributed by atoms with Gasteiger partial charge in [-0.15, -0.1) is 10.2 Å². The summed E-state index contributed by atoms with van der Waals surface area (Å²) >= 11 is 14.6. The Labute approximate surface area is 222 Å². The van der Waals surface area contributed by atoms with Gasteiger partial charge in [0.1, 0.15) is 23.4 Å². The van der Waals surface area contributed by atoms with Crippen molar-refractivity contribution in [3.8, 4) is 0 Å². The number of Topliss-reactive ketones (excluding diaryl/α,β-unsaturated/α-hetero) is 1. The molecule has 0 bridgehead atoms. The smallest absolute Gasteiger partial charge is 0.302 e. The zero-order chi connectivity index (χ0) is 25.4. The summed E-state index contributed by atoms with van der Waals surface area (Å²) in [5.41, 5.74) is 0.830. The Morgan fingerprint density at radius 2 is 1.92 bits per heavy atom. The van der Waals surface area contributed by atoms with E-state index >= 15 is 0 Å². The van der Waals surface area contributed by atoms with Gasteiger partial charge < -0.3 is 9.52 Å². The van der Waals surface area contributed by atoms with Gasteiger partial charge in [0.25, 0.3) is 5.78 Å². The van der Waals surface area contributed by atoms with Crippen LogP contribution in [0.15, 0.2) is 75.2 Å². The Morgan fingerprint density at radius 3 is 2.61 bits per heavy atom. The first kappa shape index (κ1) is 24.5. The molecule has 1 atom stereocenters. The lowest BCUT2D eigenvalue weighted by Gasteiger charge is -2.20. The fourth-order valence-corrected chi connectivity index (χ4v) is 6.07. The number of aromatic nitrogens is 2. The van der Waals surface area contributed by atoms with Crippen LogP contribution in [0.5, 0.6) is 0 Å². The standard InChI is InChI=1S/C24H14Cl2FN3O4S2/c25-14-6-3-13(16(26)10-14)11-35-24-29-28-23(36-24)30-19(17-2-1-9-34-17)18(21(32)22(30)33)20(31)12-4-7-15(27)8-5-12/h1-10,19,31H,11H2/b20-18-. The van der Waals surface area contributed by atoms with E-state index in [1.54, 1.807) is 24.3 Å². The van der Waals surface area contributed by atoms with E-state index in [9.17, 15) is 19.1 Å².